The smallest absolute Gasteiger partial charge is 0.329 e. The number of rotatable bonds is 9. The molecule has 1 aliphatic rings. The third kappa shape index (κ3) is 5.01. The van der Waals surface area contributed by atoms with E-state index in [1.807, 2.05) is 0 Å². The van der Waals surface area contributed by atoms with Crippen molar-refractivity contribution < 1.29 is 28.6 Å². The first-order chi connectivity index (χ1) is 13.8. The summed E-state index contributed by atoms with van der Waals surface area (Å²) in [6.45, 7) is 0.502. The molecule has 1 aromatic carbocycles. The number of anilines is 1. The molecule has 5 amide bonds. The molecule has 2 N–H and O–H groups in total. The number of carbonyl (C=O) groups is 3. The van der Waals surface area contributed by atoms with Gasteiger partial charge in [-0.2, -0.15) is 0 Å². The van der Waals surface area contributed by atoms with E-state index < -0.39 is 12.1 Å². The van der Waals surface area contributed by atoms with Crippen LogP contribution in [0.15, 0.2) is 12.1 Å². The van der Waals surface area contributed by atoms with Gasteiger partial charge in [0.25, 0.3) is 5.91 Å². The van der Waals surface area contributed by atoms with Crippen LogP contribution in [0.2, 0.25) is 0 Å². The van der Waals surface area contributed by atoms with Crippen molar-refractivity contribution in [3.05, 3.63) is 12.1 Å². The molecule has 0 spiro atoms. The van der Waals surface area contributed by atoms with Crippen LogP contribution in [0.4, 0.5) is 15.3 Å². The lowest BCUT2D eigenvalue weighted by Crippen LogP contribution is -2.35. The highest BCUT2D eigenvalue weighted by Gasteiger charge is 2.39. The number of hydrogen-bond donors (Lipinski definition) is 2. The summed E-state index contributed by atoms with van der Waals surface area (Å²) in [7, 11) is 7.74. The van der Waals surface area contributed by atoms with Crippen LogP contribution in [0.3, 0.4) is 0 Å². The molecular formula is C19H28N4O6. The zero-order chi connectivity index (χ0) is 21.6. The summed E-state index contributed by atoms with van der Waals surface area (Å²) in [5.74, 6) is 0.730. The first kappa shape index (κ1) is 22.1. The van der Waals surface area contributed by atoms with E-state index in [4.69, 9.17) is 14.2 Å². The second-order valence-corrected chi connectivity index (χ2v) is 6.68. The molecule has 1 fully saturated rings. The third-order valence-corrected chi connectivity index (χ3v) is 4.53. The normalized spacial score (nSPS) is 15.8. The number of amides is 5. The Labute approximate surface area is 170 Å². The SMILES string of the molecule is COc1cc(N2C(=O)N[C@@H](CCCCNC(=O)N(C)C)C2=O)cc(OC)c1OC. The molecule has 0 aromatic heterocycles. The Morgan fingerprint density at radius 2 is 1.72 bits per heavy atom. The van der Waals surface area contributed by atoms with Crippen molar-refractivity contribution in [2.45, 2.75) is 25.3 Å². The van der Waals surface area contributed by atoms with Gasteiger partial charge in [0.2, 0.25) is 5.75 Å². The van der Waals surface area contributed by atoms with E-state index in [2.05, 4.69) is 10.6 Å². The molecule has 0 aliphatic carbocycles. The molecule has 1 heterocycles. The van der Waals surface area contributed by atoms with Crippen molar-refractivity contribution in [3.63, 3.8) is 0 Å². The summed E-state index contributed by atoms with van der Waals surface area (Å²) >= 11 is 0. The molecule has 1 saturated heterocycles. The zero-order valence-corrected chi connectivity index (χ0v) is 17.4. The van der Waals surface area contributed by atoms with Crippen LogP contribution in [0.1, 0.15) is 19.3 Å². The molecule has 10 heteroatoms. The molecule has 0 unspecified atom stereocenters. The van der Waals surface area contributed by atoms with Crippen LogP contribution < -0.4 is 29.7 Å². The number of nitrogens with one attached hydrogen (secondary N) is 2. The Hall–Kier alpha value is -3.17. The van der Waals surface area contributed by atoms with Crippen LogP contribution in [0.25, 0.3) is 0 Å². The van der Waals surface area contributed by atoms with E-state index in [9.17, 15) is 14.4 Å². The third-order valence-electron chi connectivity index (χ3n) is 4.53. The molecular weight excluding hydrogens is 380 g/mol. The molecule has 1 atom stereocenters. The number of nitrogens with zero attached hydrogens (tertiary/aromatic N) is 2. The van der Waals surface area contributed by atoms with Crippen molar-refractivity contribution in [1.82, 2.24) is 15.5 Å². The maximum atomic E-state index is 12.8. The molecule has 160 valence electrons. The standard InChI is InChI=1S/C19H28N4O6/c1-22(2)18(25)20-9-7-6-8-13-17(24)23(19(26)21-13)12-10-14(27-3)16(29-5)15(11-12)28-4/h10-11,13H,6-9H2,1-5H3,(H,20,25)(H,21,26)/t13-/m0/s1. The van der Waals surface area contributed by atoms with Gasteiger partial charge in [-0.15, -0.1) is 0 Å². The Kier molecular flexibility index (Phi) is 7.52. The summed E-state index contributed by atoms with van der Waals surface area (Å²) in [4.78, 5) is 39.2. The average Bonchev–Trinajstić information content (AvgIpc) is 2.99. The van der Waals surface area contributed by atoms with E-state index in [0.29, 0.717) is 48.7 Å². The van der Waals surface area contributed by atoms with E-state index in [1.54, 1.807) is 26.2 Å². The topological polar surface area (TPSA) is 109 Å². The predicted octanol–water partition coefficient (Wildman–Crippen LogP) is 1.58. The van der Waals surface area contributed by atoms with Crippen molar-refractivity contribution in [1.29, 1.82) is 0 Å². The van der Waals surface area contributed by atoms with Crippen molar-refractivity contribution >= 4 is 23.7 Å². The molecule has 1 aromatic rings. The monoisotopic (exact) mass is 408 g/mol. The lowest BCUT2D eigenvalue weighted by Gasteiger charge is -2.18. The van der Waals surface area contributed by atoms with Crippen LogP contribution in [-0.4, -0.2) is 70.9 Å². The predicted molar refractivity (Wildman–Crippen MR) is 107 cm³/mol. The highest BCUT2D eigenvalue weighted by Crippen LogP contribution is 2.41. The van der Waals surface area contributed by atoms with Crippen molar-refractivity contribution in [3.8, 4) is 17.2 Å². The molecule has 0 bridgehead atoms. The maximum absolute atomic E-state index is 12.8. The second-order valence-electron chi connectivity index (χ2n) is 6.68. The summed E-state index contributed by atoms with van der Waals surface area (Å²) < 4.78 is 15.9. The number of imide groups is 1. The van der Waals surface area contributed by atoms with Gasteiger partial charge in [0, 0.05) is 32.8 Å². The average molecular weight is 408 g/mol. The number of benzene rings is 1. The summed E-state index contributed by atoms with van der Waals surface area (Å²) in [5, 5.41) is 5.47. The molecule has 1 aliphatic heterocycles. The summed E-state index contributed by atoms with van der Waals surface area (Å²) in [6, 6.07) is 1.82. The van der Waals surface area contributed by atoms with Gasteiger partial charge < -0.3 is 29.7 Å². The maximum Gasteiger partial charge on any atom is 0.329 e. The number of unbranched alkanes of at least 4 members (excludes halogenated alkanes) is 1. The second kappa shape index (κ2) is 9.85. The van der Waals surface area contributed by atoms with Crippen molar-refractivity contribution in [2.24, 2.45) is 0 Å². The number of hydrogen-bond acceptors (Lipinski definition) is 6. The van der Waals surface area contributed by atoms with Crippen LogP contribution >= 0.6 is 0 Å². The van der Waals surface area contributed by atoms with Gasteiger partial charge in [-0.3, -0.25) is 4.79 Å². The fourth-order valence-corrected chi connectivity index (χ4v) is 2.99. The Bertz CT molecular complexity index is 742. The van der Waals surface area contributed by atoms with Gasteiger partial charge in [-0.1, -0.05) is 0 Å². The largest absolute Gasteiger partial charge is 0.493 e. The molecule has 29 heavy (non-hydrogen) atoms. The lowest BCUT2D eigenvalue weighted by atomic mass is 10.1. The lowest BCUT2D eigenvalue weighted by molar-refractivity contribution is -0.118. The number of methoxy groups -OCH3 is 3. The Morgan fingerprint density at radius 1 is 1.10 bits per heavy atom. The molecule has 0 radical (unpaired) electrons. The number of urea groups is 2. The van der Waals surface area contributed by atoms with Gasteiger partial charge >= 0.3 is 12.1 Å². The van der Waals surface area contributed by atoms with Crippen LogP contribution in [-0.2, 0) is 4.79 Å². The zero-order valence-electron chi connectivity index (χ0n) is 17.4. The van der Waals surface area contributed by atoms with Gasteiger partial charge in [0.15, 0.2) is 11.5 Å². The van der Waals surface area contributed by atoms with Crippen LogP contribution in [0.5, 0.6) is 17.2 Å². The van der Waals surface area contributed by atoms with E-state index in [1.165, 1.54) is 26.2 Å². The Balaban J connectivity index is 2.03. The molecule has 2 rings (SSSR count). The van der Waals surface area contributed by atoms with Crippen LogP contribution in [0, 0.1) is 0 Å². The van der Waals surface area contributed by atoms with Crippen molar-refractivity contribution in [2.75, 3.05) is 46.9 Å². The van der Waals surface area contributed by atoms with Gasteiger partial charge in [-0.25, -0.2) is 14.5 Å². The Morgan fingerprint density at radius 3 is 2.24 bits per heavy atom. The van der Waals surface area contributed by atoms with E-state index in [-0.39, 0.29) is 11.9 Å². The minimum atomic E-state index is -0.619. The minimum Gasteiger partial charge on any atom is -0.493 e. The minimum absolute atomic E-state index is 0.163. The fraction of sp³-hybridized carbons (Fsp3) is 0.526. The van der Waals surface area contributed by atoms with E-state index >= 15 is 0 Å². The van der Waals surface area contributed by atoms with Gasteiger partial charge in [0.05, 0.1) is 27.0 Å². The summed E-state index contributed by atoms with van der Waals surface area (Å²) in [6.07, 6.45) is 1.85. The highest BCUT2D eigenvalue weighted by atomic mass is 16.5. The van der Waals surface area contributed by atoms with Gasteiger partial charge in [-0.05, 0) is 19.3 Å². The highest BCUT2D eigenvalue weighted by molar-refractivity contribution is 6.21. The first-order valence-corrected chi connectivity index (χ1v) is 9.23. The number of ether oxygens (including phenoxy) is 3. The number of carbonyl (C=O) groups excluding carboxylic acids is 3. The van der Waals surface area contributed by atoms with E-state index in [0.717, 1.165) is 4.90 Å². The first-order valence-electron chi connectivity index (χ1n) is 9.23. The summed E-state index contributed by atoms with van der Waals surface area (Å²) in [5.41, 5.74) is 0.336. The quantitative estimate of drug-likeness (QED) is 0.474. The molecule has 10 nitrogen and oxygen atoms in total. The molecule has 0 saturated carbocycles. The fourth-order valence-electron chi connectivity index (χ4n) is 2.99. The van der Waals surface area contributed by atoms with Gasteiger partial charge in [0.1, 0.15) is 6.04 Å².